The van der Waals surface area contributed by atoms with E-state index in [0.29, 0.717) is 5.69 Å². The van der Waals surface area contributed by atoms with Gasteiger partial charge in [-0.3, -0.25) is 0 Å². The van der Waals surface area contributed by atoms with Crippen molar-refractivity contribution in [2.45, 2.75) is 25.8 Å². The van der Waals surface area contributed by atoms with Gasteiger partial charge in [0.05, 0.1) is 5.69 Å². The Hall–Kier alpha value is -1.56. The predicted octanol–water partition coefficient (Wildman–Crippen LogP) is 2.04. The zero-order chi connectivity index (χ0) is 11.7. The number of amides is 2. The summed E-state index contributed by atoms with van der Waals surface area (Å²) in [4.78, 5) is 22.5. The molecule has 0 unspecified atom stereocenters. The van der Waals surface area contributed by atoms with E-state index in [-0.39, 0.29) is 17.0 Å². The molecule has 0 radical (unpaired) electrons. The molecule has 1 aliphatic carbocycles. The van der Waals surface area contributed by atoms with E-state index in [1.807, 2.05) is 0 Å². The Bertz CT molecular complexity index is 437. The molecule has 86 valence electrons. The third-order valence-electron chi connectivity index (χ3n) is 2.32. The van der Waals surface area contributed by atoms with Crippen LogP contribution in [-0.2, 0) is 0 Å². The van der Waals surface area contributed by atoms with Crippen molar-refractivity contribution < 1.29 is 14.7 Å². The number of aromatic carboxylic acids is 1. The monoisotopic (exact) mass is 240 g/mol. The molecular weight excluding hydrogens is 228 g/mol. The largest absolute Gasteiger partial charge is 0.477 e. The van der Waals surface area contributed by atoms with Crippen LogP contribution >= 0.6 is 11.3 Å². The van der Waals surface area contributed by atoms with E-state index < -0.39 is 5.97 Å². The number of aryl methyl sites for hydroxylation is 1. The quantitative estimate of drug-likeness (QED) is 0.756. The van der Waals surface area contributed by atoms with Crippen LogP contribution in [0.4, 0.5) is 10.5 Å². The highest BCUT2D eigenvalue weighted by Gasteiger charge is 2.24. The van der Waals surface area contributed by atoms with E-state index in [4.69, 9.17) is 5.11 Å². The fourth-order valence-electron chi connectivity index (χ4n) is 1.32. The molecule has 0 atom stereocenters. The zero-order valence-electron chi connectivity index (χ0n) is 8.74. The number of urea groups is 1. The average molecular weight is 240 g/mol. The van der Waals surface area contributed by atoms with Crippen molar-refractivity contribution in [3.05, 3.63) is 15.8 Å². The summed E-state index contributed by atoms with van der Waals surface area (Å²) in [6, 6.07) is -0.0706. The first-order valence-corrected chi connectivity index (χ1v) is 5.85. The van der Waals surface area contributed by atoms with E-state index in [2.05, 4.69) is 10.6 Å². The predicted molar refractivity (Wildman–Crippen MR) is 61.2 cm³/mol. The van der Waals surface area contributed by atoms with Crippen LogP contribution in [0.3, 0.4) is 0 Å². The molecule has 3 N–H and O–H groups in total. The molecule has 0 spiro atoms. The molecule has 0 aliphatic heterocycles. The third kappa shape index (κ3) is 2.33. The van der Waals surface area contributed by atoms with Gasteiger partial charge in [0.1, 0.15) is 4.88 Å². The lowest BCUT2D eigenvalue weighted by atomic mass is 10.3. The van der Waals surface area contributed by atoms with Gasteiger partial charge in [-0.2, -0.15) is 0 Å². The van der Waals surface area contributed by atoms with Crippen molar-refractivity contribution in [2.24, 2.45) is 0 Å². The lowest BCUT2D eigenvalue weighted by Gasteiger charge is -2.07. The zero-order valence-corrected chi connectivity index (χ0v) is 9.56. The minimum atomic E-state index is -1.01. The Morgan fingerprint density at radius 2 is 2.19 bits per heavy atom. The van der Waals surface area contributed by atoms with Crippen LogP contribution in [0.5, 0.6) is 0 Å². The summed E-state index contributed by atoms with van der Waals surface area (Å²) in [6.45, 7) is 1.77. The lowest BCUT2D eigenvalue weighted by Crippen LogP contribution is -2.30. The van der Waals surface area contributed by atoms with Crippen molar-refractivity contribution in [2.75, 3.05) is 5.32 Å². The molecule has 0 saturated heterocycles. The molecule has 16 heavy (non-hydrogen) atoms. The summed E-state index contributed by atoms with van der Waals surface area (Å²) in [5.74, 6) is -1.01. The lowest BCUT2D eigenvalue weighted by molar-refractivity contribution is 0.0703. The summed E-state index contributed by atoms with van der Waals surface area (Å²) in [6.07, 6.45) is 2.00. The Morgan fingerprint density at radius 3 is 2.75 bits per heavy atom. The van der Waals surface area contributed by atoms with Crippen molar-refractivity contribution in [1.82, 2.24) is 5.32 Å². The maximum atomic E-state index is 11.5. The Morgan fingerprint density at radius 1 is 1.50 bits per heavy atom. The molecule has 5 nitrogen and oxygen atoms in total. The summed E-state index contributed by atoms with van der Waals surface area (Å²) < 4.78 is 0. The Kier molecular flexibility index (Phi) is 2.82. The molecule has 0 aromatic carbocycles. The molecule has 1 saturated carbocycles. The first-order valence-electron chi connectivity index (χ1n) is 4.97. The van der Waals surface area contributed by atoms with Gasteiger partial charge in [0.2, 0.25) is 0 Å². The van der Waals surface area contributed by atoms with Crippen molar-refractivity contribution in [1.29, 1.82) is 0 Å². The summed E-state index contributed by atoms with van der Waals surface area (Å²) in [5, 5.41) is 16.0. The molecule has 2 rings (SSSR count). The van der Waals surface area contributed by atoms with E-state index in [9.17, 15) is 9.59 Å². The van der Waals surface area contributed by atoms with Crippen LogP contribution in [0.1, 0.15) is 28.1 Å². The van der Waals surface area contributed by atoms with Gasteiger partial charge in [-0.1, -0.05) is 0 Å². The molecule has 1 fully saturated rings. The number of carboxylic acid groups (broad SMARTS) is 1. The van der Waals surface area contributed by atoms with Crippen molar-refractivity contribution in [3.63, 3.8) is 0 Å². The van der Waals surface area contributed by atoms with Gasteiger partial charge in [0.25, 0.3) is 0 Å². The number of nitrogens with one attached hydrogen (secondary N) is 2. The van der Waals surface area contributed by atoms with Gasteiger partial charge in [-0.25, -0.2) is 9.59 Å². The number of carboxylic acids is 1. The fraction of sp³-hybridized carbons (Fsp3) is 0.400. The smallest absolute Gasteiger partial charge is 0.348 e. The van der Waals surface area contributed by atoms with E-state index in [0.717, 1.165) is 29.7 Å². The normalized spacial score (nSPS) is 14.6. The molecule has 1 aromatic heterocycles. The number of carbonyl (C=O) groups excluding carboxylic acids is 1. The summed E-state index contributed by atoms with van der Waals surface area (Å²) >= 11 is 1.12. The maximum absolute atomic E-state index is 11.5. The van der Waals surface area contributed by atoms with Crippen LogP contribution in [-0.4, -0.2) is 23.1 Å². The van der Waals surface area contributed by atoms with Gasteiger partial charge in [-0.05, 0) is 30.7 Å². The highest BCUT2D eigenvalue weighted by molar-refractivity contribution is 7.12. The average Bonchev–Trinajstić information content (AvgIpc) is 2.92. The van der Waals surface area contributed by atoms with E-state index in [1.165, 1.54) is 0 Å². The Balaban J connectivity index is 2.09. The van der Waals surface area contributed by atoms with Gasteiger partial charge in [0.15, 0.2) is 0 Å². The van der Waals surface area contributed by atoms with E-state index >= 15 is 0 Å². The number of hydrogen-bond acceptors (Lipinski definition) is 3. The van der Waals surface area contributed by atoms with E-state index in [1.54, 1.807) is 12.3 Å². The third-order valence-corrected chi connectivity index (χ3v) is 3.41. The number of rotatable bonds is 3. The molecule has 2 amide bonds. The van der Waals surface area contributed by atoms with Crippen molar-refractivity contribution in [3.8, 4) is 0 Å². The van der Waals surface area contributed by atoms with Gasteiger partial charge >= 0.3 is 12.0 Å². The van der Waals surface area contributed by atoms with Gasteiger partial charge < -0.3 is 15.7 Å². The number of anilines is 1. The molecule has 1 aliphatic rings. The standard InChI is InChI=1S/C10H12N2O3S/c1-5-4-16-8(9(13)14)7(5)12-10(15)11-6-2-3-6/h4,6H,2-3H2,1H3,(H,13,14)(H2,11,12,15). The molecule has 1 heterocycles. The number of carbonyl (C=O) groups is 2. The first kappa shape index (κ1) is 10.9. The van der Waals surface area contributed by atoms with Gasteiger partial charge in [0, 0.05) is 6.04 Å². The highest BCUT2D eigenvalue weighted by atomic mass is 32.1. The molecule has 0 bridgehead atoms. The second-order valence-corrected chi connectivity index (χ2v) is 4.68. The molecule has 1 aromatic rings. The molecular formula is C10H12N2O3S. The second-order valence-electron chi connectivity index (χ2n) is 3.80. The minimum Gasteiger partial charge on any atom is -0.477 e. The topological polar surface area (TPSA) is 78.4 Å². The van der Waals surface area contributed by atoms with Crippen molar-refractivity contribution >= 4 is 29.0 Å². The van der Waals surface area contributed by atoms with Gasteiger partial charge in [-0.15, -0.1) is 11.3 Å². The minimum absolute atomic E-state index is 0.170. The number of hydrogen-bond donors (Lipinski definition) is 3. The van der Waals surface area contributed by atoms with Crippen LogP contribution in [0, 0.1) is 6.92 Å². The second kappa shape index (κ2) is 4.13. The first-order chi connectivity index (χ1) is 7.58. The summed E-state index contributed by atoms with van der Waals surface area (Å²) in [7, 11) is 0. The maximum Gasteiger partial charge on any atom is 0.348 e. The summed E-state index contributed by atoms with van der Waals surface area (Å²) in [5.41, 5.74) is 1.17. The van der Waals surface area contributed by atoms with Crippen LogP contribution in [0.25, 0.3) is 0 Å². The van der Waals surface area contributed by atoms with Crippen LogP contribution in [0.2, 0.25) is 0 Å². The van der Waals surface area contributed by atoms with Crippen LogP contribution in [0.15, 0.2) is 5.38 Å². The highest BCUT2D eigenvalue weighted by Crippen LogP contribution is 2.27. The SMILES string of the molecule is Cc1csc(C(=O)O)c1NC(=O)NC1CC1. The number of thiophene rings is 1. The molecule has 6 heteroatoms. The Labute approximate surface area is 96.5 Å². The van der Waals surface area contributed by atoms with Crippen LogP contribution < -0.4 is 10.6 Å². The fourth-order valence-corrected chi connectivity index (χ4v) is 2.16.